The molecule has 16 aliphatic rings. The summed E-state index contributed by atoms with van der Waals surface area (Å²) in [5.74, 6) is 4.47. The van der Waals surface area contributed by atoms with E-state index in [1.165, 1.54) is 142 Å². The van der Waals surface area contributed by atoms with Crippen LogP contribution in [0.4, 0.5) is 0 Å². The van der Waals surface area contributed by atoms with Gasteiger partial charge >= 0.3 is 65.7 Å². The van der Waals surface area contributed by atoms with Gasteiger partial charge in [-0.1, -0.05) is 79.2 Å². The van der Waals surface area contributed by atoms with Gasteiger partial charge in [0.15, 0.2) is 13.2 Å². The Kier molecular flexibility index (Phi) is 36.1. The second-order valence-corrected chi connectivity index (χ2v) is 38.0. The molecule has 22 nitrogen and oxygen atoms in total. The van der Waals surface area contributed by atoms with Crippen molar-refractivity contribution in [1.29, 1.82) is 0 Å². The first kappa shape index (κ1) is 97.5. The van der Waals surface area contributed by atoms with Crippen molar-refractivity contribution >= 4 is 65.7 Å². The maximum Gasteiger partial charge on any atom is 0.347 e. The van der Waals surface area contributed by atoms with E-state index in [9.17, 15) is 52.7 Å². The van der Waals surface area contributed by atoms with Crippen molar-refractivity contribution in [2.75, 3.05) is 26.4 Å². The van der Waals surface area contributed by atoms with E-state index in [0.717, 1.165) is 113 Å². The number of rotatable bonds is 24. The third kappa shape index (κ3) is 27.4. The molecule has 15 saturated carbocycles. The SMILES string of the molecule is C=C(C)C(=O)OC1(C)C2CC3CC(C2)CC1C3.C=C(C)C(=O)OC1(CC)C2CC3CC(C2)CC1C3.C=C(C)C(=O)OC1(CC)CCCCC1.C=C(C)C(=O)OC1CCOC1=O.C=C(C)C(=O)OCC(=O)OC1(C)C2CC3CC(C2)CC1C3.C=C(C)C(=O)OCC(=O)OC1(C)CCCCC1.C=C(C)C(=O)OCCCC(=O)OC1(C)CCCCC1. The van der Waals surface area contributed by atoms with Gasteiger partial charge in [0.25, 0.3) is 0 Å². The lowest BCUT2D eigenvalue weighted by Crippen LogP contribution is -2.59. The molecule has 0 aromatic carbocycles. The molecule has 22 heteroatoms. The van der Waals surface area contributed by atoms with Crippen molar-refractivity contribution in [1.82, 2.24) is 0 Å². The Morgan fingerprint density at radius 2 is 0.678 bits per heavy atom. The van der Waals surface area contributed by atoms with E-state index in [4.69, 9.17) is 47.4 Å². The Balaban J connectivity index is 0.000000191. The fourth-order valence-corrected chi connectivity index (χ4v) is 21.4. The molecule has 1 aliphatic heterocycles. The van der Waals surface area contributed by atoms with Gasteiger partial charge in [0.05, 0.1) is 13.2 Å². The van der Waals surface area contributed by atoms with E-state index in [-0.39, 0.29) is 88.5 Å². The molecule has 0 radical (unpaired) electrons. The summed E-state index contributed by atoms with van der Waals surface area (Å²) in [6.45, 7) is 48.7. The van der Waals surface area contributed by atoms with Crippen molar-refractivity contribution in [3.05, 3.63) is 85.1 Å². The molecule has 1 saturated heterocycles. The monoisotopic (exact) mass is 1650 g/mol. The van der Waals surface area contributed by atoms with E-state index >= 15 is 0 Å². The molecule has 1 heterocycles. The first-order valence-electron chi connectivity index (χ1n) is 44.3. The first-order chi connectivity index (χ1) is 55.5. The van der Waals surface area contributed by atoms with Crippen LogP contribution in [0.2, 0.25) is 0 Å². The zero-order valence-corrected chi connectivity index (χ0v) is 74.0. The molecular formula is C96H144O22. The van der Waals surface area contributed by atoms with Crippen molar-refractivity contribution in [3.63, 3.8) is 0 Å². The minimum absolute atomic E-state index is 0.163. The first-order valence-corrected chi connectivity index (χ1v) is 44.3. The van der Waals surface area contributed by atoms with E-state index in [1.807, 2.05) is 13.8 Å². The second-order valence-electron chi connectivity index (χ2n) is 38.0. The molecule has 118 heavy (non-hydrogen) atoms. The quantitative estimate of drug-likeness (QED) is 0.0375. The molecule has 0 aromatic rings. The van der Waals surface area contributed by atoms with Crippen LogP contribution in [0.3, 0.4) is 0 Å². The third-order valence-corrected chi connectivity index (χ3v) is 27.8. The minimum Gasteiger partial charge on any atom is -0.463 e. The van der Waals surface area contributed by atoms with Crippen LogP contribution in [0.25, 0.3) is 0 Å². The predicted molar refractivity (Wildman–Crippen MR) is 448 cm³/mol. The molecule has 16 rings (SSSR count). The summed E-state index contributed by atoms with van der Waals surface area (Å²) in [7, 11) is 0. The molecule has 1 unspecified atom stereocenters. The van der Waals surface area contributed by atoms with Gasteiger partial charge in [-0.25, -0.2) is 47.9 Å². The maximum absolute atomic E-state index is 12.0. The predicted octanol–water partition coefficient (Wildman–Crippen LogP) is 19.1. The van der Waals surface area contributed by atoms with Crippen molar-refractivity contribution in [3.8, 4) is 0 Å². The smallest absolute Gasteiger partial charge is 0.347 e. The number of hydrogen-bond acceptors (Lipinski definition) is 22. The molecule has 1 atom stereocenters. The summed E-state index contributed by atoms with van der Waals surface area (Å²) in [5, 5.41) is 0. The molecule has 16 fully saturated rings. The molecule has 15 aliphatic carbocycles. The van der Waals surface area contributed by atoms with Crippen LogP contribution in [0.1, 0.15) is 315 Å². The number of carbonyl (C=O) groups excluding carboxylic acids is 11. The summed E-state index contributed by atoms with van der Waals surface area (Å²) < 4.78 is 58.0. The van der Waals surface area contributed by atoms with E-state index in [0.29, 0.717) is 89.2 Å². The molecule has 0 spiro atoms. The van der Waals surface area contributed by atoms with Gasteiger partial charge < -0.3 is 52.1 Å². The Hall–Kier alpha value is -7.65. The van der Waals surface area contributed by atoms with Gasteiger partial charge in [-0.05, 0) is 340 Å². The van der Waals surface area contributed by atoms with Gasteiger partial charge in [0, 0.05) is 51.9 Å². The molecule has 12 bridgehead atoms. The van der Waals surface area contributed by atoms with Crippen molar-refractivity contribution < 1.29 is 105 Å². The number of hydrogen-bond donors (Lipinski definition) is 0. The highest BCUT2D eigenvalue weighted by Crippen LogP contribution is 2.63. The van der Waals surface area contributed by atoms with Crippen LogP contribution < -0.4 is 0 Å². The highest BCUT2D eigenvalue weighted by Gasteiger charge is 2.61. The van der Waals surface area contributed by atoms with Crippen LogP contribution in [0.15, 0.2) is 85.1 Å². The Morgan fingerprint density at radius 3 is 1.03 bits per heavy atom. The number of carbonyl (C=O) groups is 11. The van der Waals surface area contributed by atoms with Crippen LogP contribution in [-0.2, 0) is 105 Å². The largest absolute Gasteiger partial charge is 0.463 e. The minimum atomic E-state index is -0.728. The highest BCUT2D eigenvalue weighted by molar-refractivity contribution is 5.91. The van der Waals surface area contributed by atoms with Crippen LogP contribution in [0, 0.1) is 71.0 Å². The Morgan fingerprint density at radius 1 is 0.356 bits per heavy atom. The Labute approximate surface area is 704 Å². The number of cyclic esters (lactones) is 1. The lowest BCUT2D eigenvalue weighted by molar-refractivity contribution is -0.207. The summed E-state index contributed by atoms with van der Waals surface area (Å²) in [5.41, 5.74) is 1.22. The van der Waals surface area contributed by atoms with Crippen LogP contribution >= 0.6 is 0 Å². The average molecular weight is 1650 g/mol. The van der Waals surface area contributed by atoms with Crippen LogP contribution in [-0.4, -0.2) is 132 Å². The van der Waals surface area contributed by atoms with E-state index < -0.39 is 47.9 Å². The van der Waals surface area contributed by atoms with Crippen molar-refractivity contribution in [2.45, 2.75) is 354 Å². The molecular weight excluding hydrogens is 1510 g/mol. The van der Waals surface area contributed by atoms with Gasteiger partial charge in [0.2, 0.25) is 6.10 Å². The lowest BCUT2D eigenvalue weighted by atomic mass is 9.49. The highest BCUT2D eigenvalue weighted by atomic mass is 16.6. The molecule has 0 N–H and O–H groups in total. The molecule has 0 amide bonds. The fourth-order valence-electron chi connectivity index (χ4n) is 21.4. The summed E-state index contributed by atoms with van der Waals surface area (Å²) in [4.78, 5) is 126. The summed E-state index contributed by atoms with van der Waals surface area (Å²) in [6, 6.07) is 0. The average Bonchev–Trinajstić information content (AvgIpc) is 0.755. The van der Waals surface area contributed by atoms with Gasteiger partial charge in [0.1, 0.15) is 33.6 Å². The topological polar surface area (TPSA) is 289 Å². The normalized spacial score (nSPS) is 30.8. The maximum atomic E-state index is 12.0. The van der Waals surface area contributed by atoms with E-state index in [2.05, 4.69) is 78.5 Å². The molecule has 0 aromatic heterocycles. The van der Waals surface area contributed by atoms with Gasteiger partial charge in [-0.2, -0.15) is 0 Å². The van der Waals surface area contributed by atoms with Crippen LogP contribution in [0.5, 0.6) is 0 Å². The summed E-state index contributed by atoms with van der Waals surface area (Å²) >= 11 is 0. The second kappa shape index (κ2) is 43.7. The van der Waals surface area contributed by atoms with E-state index in [1.54, 1.807) is 34.6 Å². The van der Waals surface area contributed by atoms with Gasteiger partial charge in [-0.3, -0.25) is 4.79 Å². The molecule has 660 valence electrons. The zero-order valence-electron chi connectivity index (χ0n) is 74.0. The number of esters is 11. The fraction of sp³-hybridized carbons (Fsp3) is 0.740. The third-order valence-electron chi connectivity index (χ3n) is 27.8. The number of ether oxygens (including phenoxy) is 11. The van der Waals surface area contributed by atoms with Gasteiger partial charge in [-0.15, -0.1) is 0 Å². The lowest BCUT2D eigenvalue weighted by Gasteiger charge is -2.60. The Bertz CT molecular complexity index is 3550. The van der Waals surface area contributed by atoms with Crippen molar-refractivity contribution in [2.24, 2.45) is 71.0 Å². The summed E-state index contributed by atoms with van der Waals surface area (Å²) in [6.07, 6.45) is 37.7. The standard InChI is InChI=1S/C17H24O4.C16H24O2.C15H24O4.C15H22O2.C13H20O4.C12H20O2.C8H10O4/c1-10(2)16(19)20-9-15(18)21-17(3)13-5-11-4-12(7-13)8-14(17)6-11;1-4-16(18-15(17)10(2)3)13-6-11-5-12(8-13)9-14(16)7-11;1-12(2)14(17)18-11-7-8-13(16)19-15(3)9-5-4-6-10-15;1-9(2)14(16)17-15(3)12-5-10-4-11(7-12)8-13(15)6-10;1-10(2)12(15)16-9-11(14)17-13(3)7-5-4-6-8-13;1-4-12(8-6-5-7-9-12)14-11(13)10(2)3;1-5(2)7(9)12-6-3-4-11-8(6)10/h11-14H,1,4-9H2,2-3H3;11-14H,2,4-9H2,1,3H3;1,4-11H2,2-3H3;10-13H,1,4-8H2,2-3H3;1,4-9H2,2-3H3;2,4-9H2,1,3H3;6H,1,3-4H2,2H3. The zero-order chi connectivity index (χ0) is 87.3.